The third kappa shape index (κ3) is 2.63. The summed E-state index contributed by atoms with van der Waals surface area (Å²) in [5, 5.41) is 12.5. The fourth-order valence-electron chi connectivity index (χ4n) is 1.81. The summed E-state index contributed by atoms with van der Waals surface area (Å²) in [6, 6.07) is 7.22. The van der Waals surface area contributed by atoms with E-state index >= 15 is 0 Å². The minimum absolute atomic E-state index is 0.291. The first kappa shape index (κ1) is 11.9. The normalized spacial score (nSPS) is 10.7. The lowest BCUT2D eigenvalue weighted by Crippen LogP contribution is -2.06. The summed E-state index contributed by atoms with van der Waals surface area (Å²) in [7, 11) is 0. The van der Waals surface area contributed by atoms with Crippen LogP contribution in [0, 0.1) is 0 Å². The van der Waals surface area contributed by atoms with E-state index in [4.69, 9.17) is 0 Å². The zero-order valence-corrected chi connectivity index (χ0v) is 10.9. The van der Waals surface area contributed by atoms with Gasteiger partial charge in [-0.1, -0.05) is 12.1 Å². The summed E-state index contributed by atoms with van der Waals surface area (Å²) < 4.78 is 0.980. The van der Waals surface area contributed by atoms with E-state index in [1.165, 1.54) is 23.2 Å². The number of phenolic OH excluding ortho intramolecular Hbond substituents is 1. The van der Waals surface area contributed by atoms with Crippen LogP contribution >= 0.6 is 11.3 Å². The Labute approximate surface area is 114 Å². The van der Waals surface area contributed by atoms with Gasteiger partial charge in [-0.25, -0.2) is 15.0 Å². The number of nitrogens with one attached hydrogen (secondary N) is 1. The summed E-state index contributed by atoms with van der Waals surface area (Å²) >= 11 is 1.53. The average molecular weight is 272 g/mol. The molecule has 0 aliphatic rings. The van der Waals surface area contributed by atoms with Crippen LogP contribution in [0.5, 0.6) is 5.75 Å². The van der Waals surface area contributed by atoms with Gasteiger partial charge >= 0.3 is 0 Å². The summed E-state index contributed by atoms with van der Waals surface area (Å²) in [5.74, 6) is 1.12. The van der Waals surface area contributed by atoms with Crippen LogP contribution in [0.4, 0.5) is 5.82 Å². The van der Waals surface area contributed by atoms with Crippen LogP contribution in [0.25, 0.3) is 10.3 Å². The second-order valence-electron chi connectivity index (χ2n) is 4.07. The number of anilines is 1. The summed E-state index contributed by atoms with van der Waals surface area (Å²) in [4.78, 5) is 12.5. The predicted octanol–water partition coefficient (Wildman–Crippen LogP) is 2.45. The highest BCUT2D eigenvalue weighted by Gasteiger charge is 2.05. The molecule has 0 unspecified atom stereocenters. The largest absolute Gasteiger partial charge is 0.508 e. The lowest BCUT2D eigenvalue weighted by molar-refractivity contribution is 0.475. The first-order valence-corrected chi connectivity index (χ1v) is 6.77. The van der Waals surface area contributed by atoms with Gasteiger partial charge < -0.3 is 10.4 Å². The molecule has 19 heavy (non-hydrogen) atoms. The van der Waals surface area contributed by atoms with Crippen LogP contribution in [0.1, 0.15) is 5.56 Å². The number of benzene rings is 1. The van der Waals surface area contributed by atoms with E-state index in [0.29, 0.717) is 5.75 Å². The Morgan fingerprint density at radius 3 is 2.79 bits per heavy atom. The first-order valence-electron chi connectivity index (χ1n) is 5.89. The molecule has 0 saturated carbocycles. The smallest absolute Gasteiger partial charge is 0.175 e. The molecule has 3 rings (SSSR count). The lowest BCUT2D eigenvalue weighted by atomic mass is 10.1. The number of thiazole rings is 1. The van der Waals surface area contributed by atoms with Crippen LogP contribution in [0.3, 0.4) is 0 Å². The molecule has 0 spiro atoms. The van der Waals surface area contributed by atoms with Gasteiger partial charge in [0.05, 0.1) is 5.51 Å². The number of phenols is 1. The third-order valence-electron chi connectivity index (χ3n) is 2.77. The van der Waals surface area contributed by atoms with E-state index in [1.54, 1.807) is 17.6 Å². The van der Waals surface area contributed by atoms with E-state index in [0.717, 1.165) is 29.1 Å². The van der Waals surface area contributed by atoms with Crippen molar-refractivity contribution in [3.63, 3.8) is 0 Å². The standard InChI is InChI=1S/C13H12N4OS/c18-10-3-1-9(2-4-10)5-6-14-12-11-13(16-7-15-12)17-8-19-11/h1-4,7-8,18H,5-6H2,(H,14,15,16). The van der Waals surface area contributed by atoms with Gasteiger partial charge in [0.15, 0.2) is 5.65 Å². The molecule has 0 radical (unpaired) electrons. The van der Waals surface area contributed by atoms with Crippen molar-refractivity contribution in [2.45, 2.75) is 6.42 Å². The fourth-order valence-corrected chi connectivity index (χ4v) is 2.51. The van der Waals surface area contributed by atoms with Crippen molar-refractivity contribution in [3.8, 4) is 5.75 Å². The minimum atomic E-state index is 0.291. The molecular formula is C13H12N4OS. The van der Waals surface area contributed by atoms with E-state index in [9.17, 15) is 5.11 Å². The highest BCUT2D eigenvalue weighted by molar-refractivity contribution is 7.17. The van der Waals surface area contributed by atoms with E-state index in [2.05, 4.69) is 20.3 Å². The molecule has 2 aromatic heterocycles. The highest BCUT2D eigenvalue weighted by Crippen LogP contribution is 2.22. The second kappa shape index (κ2) is 5.19. The zero-order valence-electron chi connectivity index (χ0n) is 10.1. The predicted molar refractivity (Wildman–Crippen MR) is 75.5 cm³/mol. The number of aromatic nitrogens is 3. The number of fused-ring (bicyclic) bond motifs is 1. The van der Waals surface area contributed by atoms with Crippen molar-refractivity contribution in [1.29, 1.82) is 0 Å². The maximum Gasteiger partial charge on any atom is 0.175 e. The summed E-state index contributed by atoms with van der Waals surface area (Å²) in [6.45, 7) is 0.773. The van der Waals surface area contributed by atoms with Gasteiger partial charge in [0.2, 0.25) is 0 Å². The van der Waals surface area contributed by atoms with Gasteiger partial charge in [0.1, 0.15) is 22.6 Å². The molecule has 2 N–H and O–H groups in total. The summed E-state index contributed by atoms with van der Waals surface area (Å²) in [5.41, 5.74) is 3.66. The Morgan fingerprint density at radius 2 is 1.95 bits per heavy atom. The quantitative estimate of drug-likeness (QED) is 0.763. The van der Waals surface area contributed by atoms with Crippen molar-refractivity contribution in [1.82, 2.24) is 15.0 Å². The molecule has 0 bridgehead atoms. The Bertz CT molecular complexity index is 680. The zero-order chi connectivity index (χ0) is 13.1. The van der Waals surface area contributed by atoms with Gasteiger partial charge in [-0.05, 0) is 24.1 Å². The second-order valence-corrected chi connectivity index (χ2v) is 4.93. The first-order chi connectivity index (χ1) is 9.33. The summed E-state index contributed by atoms with van der Waals surface area (Å²) in [6.07, 6.45) is 2.38. The number of aromatic hydroxyl groups is 1. The molecular weight excluding hydrogens is 260 g/mol. The van der Waals surface area contributed by atoms with Crippen molar-refractivity contribution < 1.29 is 5.11 Å². The van der Waals surface area contributed by atoms with Gasteiger partial charge in [0, 0.05) is 6.54 Å². The molecule has 0 aliphatic carbocycles. The van der Waals surface area contributed by atoms with Crippen LogP contribution in [-0.4, -0.2) is 26.6 Å². The molecule has 0 atom stereocenters. The Kier molecular flexibility index (Phi) is 3.24. The van der Waals surface area contributed by atoms with Crippen molar-refractivity contribution in [2.75, 3.05) is 11.9 Å². The van der Waals surface area contributed by atoms with Gasteiger partial charge in [-0.15, -0.1) is 11.3 Å². The molecule has 6 heteroatoms. The molecule has 0 amide bonds. The van der Waals surface area contributed by atoms with Crippen LogP contribution in [-0.2, 0) is 6.42 Å². The van der Waals surface area contributed by atoms with E-state index < -0.39 is 0 Å². The number of nitrogens with zero attached hydrogens (tertiary/aromatic N) is 3. The fraction of sp³-hybridized carbons (Fsp3) is 0.154. The molecule has 1 aromatic carbocycles. The SMILES string of the molecule is Oc1ccc(CCNc2ncnc3ncsc23)cc1. The molecule has 3 aromatic rings. The Balaban J connectivity index is 1.66. The molecule has 5 nitrogen and oxygen atoms in total. The third-order valence-corrected chi connectivity index (χ3v) is 3.60. The van der Waals surface area contributed by atoms with Crippen LogP contribution in [0.15, 0.2) is 36.1 Å². The maximum atomic E-state index is 9.22. The van der Waals surface area contributed by atoms with Crippen molar-refractivity contribution >= 4 is 27.5 Å². The number of hydrogen-bond donors (Lipinski definition) is 2. The van der Waals surface area contributed by atoms with Crippen LogP contribution < -0.4 is 5.32 Å². The number of hydrogen-bond acceptors (Lipinski definition) is 6. The Morgan fingerprint density at radius 1 is 1.11 bits per heavy atom. The lowest BCUT2D eigenvalue weighted by Gasteiger charge is -2.06. The molecule has 2 heterocycles. The topological polar surface area (TPSA) is 70.9 Å². The highest BCUT2D eigenvalue weighted by atomic mass is 32.1. The van der Waals surface area contributed by atoms with Gasteiger partial charge in [-0.3, -0.25) is 0 Å². The van der Waals surface area contributed by atoms with E-state index in [1.807, 2.05) is 12.1 Å². The molecule has 0 saturated heterocycles. The minimum Gasteiger partial charge on any atom is -0.508 e. The maximum absolute atomic E-state index is 9.22. The van der Waals surface area contributed by atoms with Crippen molar-refractivity contribution in [3.05, 3.63) is 41.7 Å². The van der Waals surface area contributed by atoms with Gasteiger partial charge in [-0.2, -0.15) is 0 Å². The Hall–Kier alpha value is -2.21. The molecule has 0 aliphatic heterocycles. The van der Waals surface area contributed by atoms with Crippen molar-refractivity contribution in [2.24, 2.45) is 0 Å². The molecule has 0 fully saturated rings. The molecule has 96 valence electrons. The number of rotatable bonds is 4. The van der Waals surface area contributed by atoms with E-state index in [-0.39, 0.29) is 0 Å². The monoisotopic (exact) mass is 272 g/mol. The van der Waals surface area contributed by atoms with Crippen LogP contribution in [0.2, 0.25) is 0 Å². The average Bonchev–Trinajstić information content (AvgIpc) is 2.90. The van der Waals surface area contributed by atoms with Gasteiger partial charge in [0.25, 0.3) is 0 Å².